The summed E-state index contributed by atoms with van der Waals surface area (Å²) in [6.07, 6.45) is 14.5. The van der Waals surface area contributed by atoms with Crippen LogP contribution < -0.4 is 0 Å². The number of allylic oxidation sites excluding steroid dienone is 4. The summed E-state index contributed by atoms with van der Waals surface area (Å²) in [6.45, 7) is 5.23. The third-order valence-electron chi connectivity index (χ3n) is 8.23. The van der Waals surface area contributed by atoms with Crippen molar-refractivity contribution in [3.63, 3.8) is 0 Å². The highest BCUT2D eigenvalue weighted by Gasteiger charge is 2.58. The van der Waals surface area contributed by atoms with E-state index in [1.165, 1.54) is 37.7 Å². The Morgan fingerprint density at radius 2 is 2.00 bits per heavy atom. The van der Waals surface area contributed by atoms with Crippen molar-refractivity contribution in [2.45, 2.75) is 58.8 Å². The summed E-state index contributed by atoms with van der Waals surface area (Å²) in [5.74, 6) is 3.23. The second-order valence-corrected chi connectivity index (χ2v) is 8.93. The molecule has 2 nitrogen and oxygen atoms in total. The average molecular weight is 314 g/mol. The van der Waals surface area contributed by atoms with Gasteiger partial charge in [0.15, 0.2) is 5.78 Å². The van der Waals surface area contributed by atoms with Crippen LogP contribution in [0.15, 0.2) is 23.8 Å². The summed E-state index contributed by atoms with van der Waals surface area (Å²) >= 11 is 0. The van der Waals surface area contributed by atoms with Crippen LogP contribution in [0, 0.1) is 34.5 Å². The Labute approximate surface area is 140 Å². The van der Waals surface area contributed by atoms with Crippen molar-refractivity contribution >= 4 is 5.78 Å². The smallest absolute Gasteiger partial charge is 0.178 e. The van der Waals surface area contributed by atoms with E-state index in [9.17, 15) is 9.90 Å². The molecule has 0 aromatic heterocycles. The van der Waals surface area contributed by atoms with Crippen LogP contribution in [0.4, 0.5) is 0 Å². The third kappa shape index (κ3) is 2.13. The van der Waals surface area contributed by atoms with Crippen molar-refractivity contribution in [2.24, 2.45) is 34.5 Å². The maximum absolute atomic E-state index is 11.8. The maximum atomic E-state index is 11.8. The van der Waals surface area contributed by atoms with Crippen molar-refractivity contribution in [2.75, 3.05) is 6.61 Å². The van der Waals surface area contributed by atoms with Gasteiger partial charge in [-0.3, -0.25) is 4.79 Å². The van der Waals surface area contributed by atoms with Gasteiger partial charge in [0.1, 0.15) is 0 Å². The zero-order valence-corrected chi connectivity index (χ0v) is 14.6. The molecule has 0 aliphatic heterocycles. The molecule has 0 spiro atoms. The molecule has 4 rings (SSSR count). The van der Waals surface area contributed by atoms with Crippen LogP contribution in [-0.4, -0.2) is 17.5 Å². The van der Waals surface area contributed by atoms with Crippen LogP contribution in [0.1, 0.15) is 58.8 Å². The molecule has 2 heteroatoms. The fourth-order valence-electron chi connectivity index (χ4n) is 6.94. The fourth-order valence-corrected chi connectivity index (χ4v) is 6.94. The minimum Gasteiger partial charge on any atom is -0.396 e. The number of hydrogen-bond donors (Lipinski definition) is 1. The molecule has 0 aromatic rings. The standard InChI is InChI=1S/C21H30O2/c1-20-11-8-19-17(18(20)6-4-14(20)9-12-22)5-3-15-13-16(23)7-10-21(15,19)2/h7,10,13-14,17-19,22H,3-6,8-9,11-12H2,1-2H3/t14-,17?,18?,19?,20-,21+/m1/s1. The lowest BCUT2D eigenvalue weighted by Gasteiger charge is -2.57. The quantitative estimate of drug-likeness (QED) is 0.825. The van der Waals surface area contributed by atoms with Gasteiger partial charge in [0.2, 0.25) is 0 Å². The van der Waals surface area contributed by atoms with Crippen LogP contribution in [0.2, 0.25) is 0 Å². The van der Waals surface area contributed by atoms with Gasteiger partial charge in [-0.1, -0.05) is 25.5 Å². The molecule has 0 amide bonds. The number of hydrogen-bond acceptors (Lipinski definition) is 2. The molecule has 6 atom stereocenters. The lowest BCUT2D eigenvalue weighted by atomic mass is 9.47. The molecule has 3 unspecified atom stereocenters. The highest BCUT2D eigenvalue weighted by Crippen LogP contribution is 2.66. The van der Waals surface area contributed by atoms with Crippen molar-refractivity contribution in [3.05, 3.63) is 23.8 Å². The van der Waals surface area contributed by atoms with Gasteiger partial charge in [-0.25, -0.2) is 0 Å². The van der Waals surface area contributed by atoms with E-state index >= 15 is 0 Å². The molecule has 23 heavy (non-hydrogen) atoms. The van der Waals surface area contributed by atoms with E-state index in [2.05, 4.69) is 19.9 Å². The summed E-state index contributed by atoms with van der Waals surface area (Å²) in [6, 6.07) is 0. The lowest BCUT2D eigenvalue weighted by molar-refractivity contribution is -0.111. The molecular formula is C21H30O2. The molecule has 126 valence electrons. The zero-order chi connectivity index (χ0) is 16.2. The predicted octanol–water partition coefficient (Wildman–Crippen LogP) is 4.29. The van der Waals surface area contributed by atoms with E-state index in [-0.39, 0.29) is 11.2 Å². The Balaban J connectivity index is 1.64. The molecule has 0 aromatic carbocycles. The van der Waals surface area contributed by atoms with Crippen molar-refractivity contribution in [1.82, 2.24) is 0 Å². The first-order valence-electron chi connectivity index (χ1n) is 9.54. The van der Waals surface area contributed by atoms with Crippen LogP contribution in [0.25, 0.3) is 0 Å². The number of fused-ring (bicyclic) bond motifs is 5. The zero-order valence-electron chi connectivity index (χ0n) is 14.6. The van der Waals surface area contributed by atoms with Gasteiger partial charge in [-0.15, -0.1) is 0 Å². The first-order chi connectivity index (χ1) is 11.0. The number of rotatable bonds is 2. The highest BCUT2D eigenvalue weighted by molar-refractivity contribution is 6.01. The van der Waals surface area contributed by atoms with E-state index < -0.39 is 0 Å². The first-order valence-corrected chi connectivity index (χ1v) is 9.54. The van der Waals surface area contributed by atoms with Gasteiger partial charge < -0.3 is 5.11 Å². The highest BCUT2D eigenvalue weighted by atomic mass is 16.3. The molecule has 3 fully saturated rings. The molecular weight excluding hydrogens is 284 g/mol. The molecule has 3 saturated carbocycles. The van der Waals surface area contributed by atoms with E-state index in [1.54, 1.807) is 0 Å². The van der Waals surface area contributed by atoms with E-state index in [0.717, 1.165) is 24.7 Å². The van der Waals surface area contributed by atoms with Gasteiger partial charge >= 0.3 is 0 Å². The van der Waals surface area contributed by atoms with Gasteiger partial charge in [0.25, 0.3) is 0 Å². The molecule has 0 heterocycles. The first kappa shape index (κ1) is 15.6. The third-order valence-corrected chi connectivity index (χ3v) is 8.23. The van der Waals surface area contributed by atoms with Gasteiger partial charge in [-0.2, -0.15) is 0 Å². The maximum Gasteiger partial charge on any atom is 0.178 e. The summed E-state index contributed by atoms with van der Waals surface area (Å²) in [5.41, 5.74) is 1.95. The number of ketones is 1. The van der Waals surface area contributed by atoms with E-state index in [1.807, 2.05) is 12.2 Å². The number of aliphatic hydroxyl groups is 1. The molecule has 1 N–H and O–H groups in total. The predicted molar refractivity (Wildman–Crippen MR) is 91.8 cm³/mol. The monoisotopic (exact) mass is 314 g/mol. The van der Waals surface area contributed by atoms with E-state index in [4.69, 9.17) is 0 Å². The van der Waals surface area contributed by atoms with Crippen LogP contribution in [0.3, 0.4) is 0 Å². The molecule has 0 radical (unpaired) electrons. The minimum absolute atomic E-state index is 0.118. The number of aliphatic hydroxyl groups excluding tert-OH is 1. The lowest BCUT2D eigenvalue weighted by Crippen LogP contribution is -2.49. The normalized spacial score (nSPS) is 48.5. The Bertz CT molecular complexity index is 574. The Kier molecular flexibility index (Phi) is 3.61. The molecule has 4 aliphatic carbocycles. The second kappa shape index (κ2) is 5.31. The molecule has 0 saturated heterocycles. The van der Waals surface area contributed by atoms with Gasteiger partial charge in [-0.05, 0) is 86.2 Å². The van der Waals surface area contributed by atoms with E-state index in [0.29, 0.717) is 23.9 Å². The minimum atomic E-state index is 0.118. The van der Waals surface area contributed by atoms with Crippen molar-refractivity contribution in [3.8, 4) is 0 Å². The molecule has 4 aliphatic rings. The van der Waals surface area contributed by atoms with Gasteiger partial charge in [0.05, 0.1) is 0 Å². The van der Waals surface area contributed by atoms with Gasteiger partial charge in [0, 0.05) is 12.0 Å². The SMILES string of the molecule is C[C@]12C=CC(=O)C=C1CCC1C2CC[C@@]2(C)C1CC[C@@H]2CCO. The molecule has 0 bridgehead atoms. The summed E-state index contributed by atoms with van der Waals surface area (Å²) in [4.78, 5) is 11.8. The fraction of sp³-hybridized carbons (Fsp3) is 0.762. The van der Waals surface area contributed by atoms with Crippen LogP contribution in [0.5, 0.6) is 0 Å². The number of carbonyl (C=O) groups is 1. The second-order valence-electron chi connectivity index (χ2n) is 8.93. The summed E-state index contributed by atoms with van der Waals surface area (Å²) in [5, 5.41) is 9.44. The summed E-state index contributed by atoms with van der Waals surface area (Å²) in [7, 11) is 0. The van der Waals surface area contributed by atoms with Crippen molar-refractivity contribution in [1.29, 1.82) is 0 Å². The average Bonchev–Trinajstić information content (AvgIpc) is 2.85. The largest absolute Gasteiger partial charge is 0.396 e. The topological polar surface area (TPSA) is 37.3 Å². The Hall–Kier alpha value is -0.890. The Morgan fingerprint density at radius 1 is 1.17 bits per heavy atom. The van der Waals surface area contributed by atoms with Crippen LogP contribution in [-0.2, 0) is 4.79 Å². The Morgan fingerprint density at radius 3 is 2.78 bits per heavy atom. The summed E-state index contributed by atoms with van der Waals surface area (Å²) < 4.78 is 0. The van der Waals surface area contributed by atoms with Crippen LogP contribution >= 0.6 is 0 Å². The van der Waals surface area contributed by atoms with Crippen molar-refractivity contribution < 1.29 is 9.90 Å². The number of carbonyl (C=O) groups excluding carboxylic acids is 1.